The zero-order valence-electron chi connectivity index (χ0n) is 27.8. The molecule has 10 heteroatoms. The normalized spacial score (nSPS) is 13.1. The molecule has 3 unspecified atom stereocenters. The molecule has 0 saturated heterocycles. The number of aliphatic hydroxyl groups excluding tert-OH is 1. The lowest BCUT2D eigenvalue weighted by atomic mass is 9.76. The fraction of sp³-hybridized carbons (Fsp3) is 0.282. The summed E-state index contributed by atoms with van der Waals surface area (Å²) in [4.78, 5) is 18.6. The average molecular weight is 667 g/mol. The summed E-state index contributed by atoms with van der Waals surface area (Å²) in [6.07, 6.45) is 2.34. The van der Waals surface area contributed by atoms with Crippen molar-refractivity contribution in [2.24, 2.45) is 5.92 Å². The molecule has 0 saturated carbocycles. The van der Waals surface area contributed by atoms with Gasteiger partial charge in [0.15, 0.2) is 23.0 Å². The first-order valence-corrected chi connectivity index (χ1v) is 16.2. The summed E-state index contributed by atoms with van der Waals surface area (Å²) in [7, 11) is 2.86. The molecule has 4 aromatic carbocycles. The number of aromatic nitrogens is 1. The summed E-state index contributed by atoms with van der Waals surface area (Å²) in [5, 5.41) is 57.0. The Balaban J connectivity index is 1.41. The number of aromatic hydroxyl groups is 4. The van der Waals surface area contributed by atoms with Gasteiger partial charge in [0.25, 0.3) is 0 Å². The lowest BCUT2D eigenvalue weighted by Gasteiger charge is -2.30. The summed E-state index contributed by atoms with van der Waals surface area (Å²) >= 11 is 0. The van der Waals surface area contributed by atoms with Crippen LogP contribution in [0.15, 0.2) is 85.1 Å². The van der Waals surface area contributed by atoms with Crippen molar-refractivity contribution >= 4 is 28.1 Å². The molecule has 1 aromatic heterocycles. The highest BCUT2D eigenvalue weighted by atomic mass is 16.5. The zero-order chi connectivity index (χ0) is 35.1. The molecule has 256 valence electrons. The highest BCUT2D eigenvalue weighted by Crippen LogP contribution is 2.38. The predicted molar refractivity (Wildman–Crippen MR) is 188 cm³/mol. The second-order valence-electron chi connectivity index (χ2n) is 12.1. The Morgan fingerprint density at radius 2 is 1.53 bits per heavy atom. The summed E-state index contributed by atoms with van der Waals surface area (Å²) in [5.74, 6) is -0.713. The molecule has 0 amide bonds. The minimum absolute atomic E-state index is 0.0212. The van der Waals surface area contributed by atoms with Gasteiger partial charge in [0, 0.05) is 18.3 Å². The number of pyridine rings is 1. The van der Waals surface area contributed by atoms with Gasteiger partial charge in [-0.1, -0.05) is 25.1 Å². The van der Waals surface area contributed by atoms with Crippen molar-refractivity contribution in [1.82, 2.24) is 4.98 Å². The van der Waals surface area contributed by atoms with Crippen LogP contribution >= 0.6 is 0 Å². The van der Waals surface area contributed by atoms with Crippen molar-refractivity contribution < 1.29 is 39.8 Å². The van der Waals surface area contributed by atoms with Crippen molar-refractivity contribution in [2.75, 3.05) is 19.5 Å². The molecule has 0 bridgehead atoms. The number of ether oxygens (including phenoxy) is 2. The van der Waals surface area contributed by atoms with Gasteiger partial charge in [-0.15, -0.1) is 0 Å². The van der Waals surface area contributed by atoms with Gasteiger partial charge in [-0.05, 0) is 120 Å². The highest BCUT2D eigenvalue weighted by Gasteiger charge is 2.34. The monoisotopic (exact) mass is 666 g/mol. The van der Waals surface area contributed by atoms with Crippen LogP contribution in [0.5, 0.6) is 34.5 Å². The Bertz CT molecular complexity index is 1930. The van der Waals surface area contributed by atoms with E-state index in [1.807, 2.05) is 43.3 Å². The molecule has 0 aliphatic heterocycles. The van der Waals surface area contributed by atoms with E-state index in [2.05, 4.69) is 10.3 Å². The Hall–Kier alpha value is -5.48. The van der Waals surface area contributed by atoms with Crippen molar-refractivity contribution in [3.8, 4) is 34.5 Å². The topological polar surface area (TPSA) is 162 Å². The van der Waals surface area contributed by atoms with Crippen molar-refractivity contribution in [3.05, 3.63) is 102 Å². The zero-order valence-corrected chi connectivity index (χ0v) is 27.8. The number of methoxy groups -OCH3 is 2. The van der Waals surface area contributed by atoms with Crippen LogP contribution in [-0.2, 0) is 17.6 Å². The average Bonchev–Trinajstić information content (AvgIpc) is 3.10. The van der Waals surface area contributed by atoms with E-state index in [0.717, 1.165) is 27.6 Å². The first kappa shape index (κ1) is 34.8. The largest absolute Gasteiger partial charge is 0.508 e. The molecular formula is C39H42N2O8. The summed E-state index contributed by atoms with van der Waals surface area (Å²) < 4.78 is 10.4. The molecule has 3 atom stereocenters. The number of carbonyl (C=O) groups excluding carboxylic acids is 1. The van der Waals surface area contributed by atoms with Crippen LogP contribution < -0.4 is 14.8 Å². The number of hydrogen-bond acceptors (Lipinski definition) is 10. The van der Waals surface area contributed by atoms with E-state index in [1.165, 1.54) is 20.3 Å². The van der Waals surface area contributed by atoms with Gasteiger partial charge in [-0.25, -0.2) is 4.98 Å². The maximum atomic E-state index is 14.1. The Labute approximate surface area is 285 Å². The number of phenolic OH excluding ortho intramolecular Hbond substituents is 4. The quantitative estimate of drug-likeness (QED) is 0.0635. The van der Waals surface area contributed by atoms with E-state index in [0.29, 0.717) is 30.0 Å². The van der Waals surface area contributed by atoms with Gasteiger partial charge in [0.05, 0.1) is 26.2 Å². The van der Waals surface area contributed by atoms with Gasteiger partial charge >= 0.3 is 0 Å². The van der Waals surface area contributed by atoms with E-state index in [1.54, 1.807) is 42.6 Å². The lowest BCUT2D eigenvalue weighted by molar-refractivity contribution is -0.127. The number of Topliss-reactive ketones (excluding diaryl/α,β-unsaturated/α-hetero) is 1. The first-order valence-electron chi connectivity index (χ1n) is 16.2. The molecule has 0 radical (unpaired) electrons. The number of benzene rings is 4. The number of anilines is 2. The summed E-state index contributed by atoms with van der Waals surface area (Å²) in [5.41, 5.74) is 3.11. The molecule has 6 N–H and O–H groups in total. The fourth-order valence-corrected chi connectivity index (χ4v) is 6.36. The molecule has 0 aliphatic rings. The predicted octanol–water partition coefficient (Wildman–Crippen LogP) is 7.12. The van der Waals surface area contributed by atoms with Crippen LogP contribution in [0, 0.1) is 5.92 Å². The third-order valence-electron chi connectivity index (χ3n) is 8.94. The second-order valence-corrected chi connectivity index (χ2v) is 12.1. The minimum Gasteiger partial charge on any atom is -0.508 e. The Morgan fingerprint density at radius 3 is 2.29 bits per heavy atom. The van der Waals surface area contributed by atoms with Crippen molar-refractivity contribution in [3.63, 3.8) is 0 Å². The number of phenols is 4. The van der Waals surface area contributed by atoms with Gasteiger partial charge in [-0.3, -0.25) is 4.79 Å². The number of ketones is 1. The van der Waals surface area contributed by atoms with E-state index in [-0.39, 0.29) is 59.7 Å². The van der Waals surface area contributed by atoms with Crippen LogP contribution in [0.2, 0.25) is 0 Å². The van der Waals surface area contributed by atoms with Gasteiger partial charge in [0.2, 0.25) is 5.75 Å². The van der Waals surface area contributed by atoms with Crippen LogP contribution in [-0.4, -0.2) is 56.6 Å². The van der Waals surface area contributed by atoms with Crippen LogP contribution in [0.25, 0.3) is 10.8 Å². The lowest BCUT2D eigenvalue weighted by Crippen LogP contribution is -2.34. The first-order chi connectivity index (χ1) is 23.6. The SMILES string of the molecule is CCC(c1ccnc(Nc2ccc3cc(O)ccc3c2)c1)C(C(=O)CCc1cc(O)c(O)c(OC)c1)C(O)CCc1ccc(O)c(OC)c1. The van der Waals surface area contributed by atoms with Gasteiger partial charge < -0.3 is 40.3 Å². The van der Waals surface area contributed by atoms with E-state index >= 15 is 0 Å². The smallest absolute Gasteiger partial charge is 0.200 e. The second kappa shape index (κ2) is 15.6. The van der Waals surface area contributed by atoms with Crippen LogP contribution in [0.3, 0.4) is 0 Å². The molecule has 5 aromatic rings. The summed E-state index contributed by atoms with van der Waals surface area (Å²) in [6, 6.07) is 22.7. The third-order valence-corrected chi connectivity index (χ3v) is 8.94. The number of nitrogens with one attached hydrogen (secondary N) is 1. The van der Waals surface area contributed by atoms with Crippen molar-refractivity contribution in [1.29, 1.82) is 0 Å². The third kappa shape index (κ3) is 8.33. The molecule has 5 rings (SSSR count). The van der Waals surface area contributed by atoms with E-state index in [4.69, 9.17) is 9.47 Å². The molecule has 0 spiro atoms. The number of fused-ring (bicyclic) bond motifs is 1. The molecule has 49 heavy (non-hydrogen) atoms. The summed E-state index contributed by atoms with van der Waals surface area (Å²) in [6.45, 7) is 1.98. The number of rotatable bonds is 15. The maximum Gasteiger partial charge on any atom is 0.200 e. The molecule has 0 fully saturated rings. The number of aryl methyl sites for hydroxylation is 2. The van der Waals surface area contributed by atoms with Gasteiger partial charge in [-0.2, -0.15) is 0 Å². The van der Waals surface area contributed by atoms with Crippen molar-refractivity contribution in [2.45, 2.75) is 51.0 Å². The Kier molecular flexibility index (Phi) is 11.1. The standard InChI is InChI=1S/C39H42N2O8/c1-4-30(27-15-16-40-37(22-27)41-28-10-8-26-21-29(42)11-9-25(26)20-28)38(32(44)13-6-23-5-12-31(43)35(18-23)48-2)33(45)14-7-24-17-34(46)39(47)36(19-24)49-3/h5,8-12,15-22,30,32,38,42-44,46-47H,4,6-7,13-14H2,1-3H3,(H,40,41). The van der Waals surface area contributed by atoms with Crippen LogP contribution in [0.4, 0.5) is 11.5 Å². The number of nitrogens with zero attached hydrogens (tertiary/aromatic N) is 1. The number of carbonyl (C=O) groups is 1. The molecular weight excluding hydrogens is 624 g/mol. The minimum atomic E-state index is -0.999. The van der Waals surface area contributed by atoms with E-state index < -0.39 is 12.0 Å². The Morgan fingerprint density at radius 1 is 0.796 bits per heavy atom. The van der Waals surface area contributed by atoms with Gasteiger partial charge in [0.1, 0.15) is 17.4 Å². The number of hydrogen-bond donors (Lipinski definition) is 6. The highest BCUT2D eigenvalue weighted by molar-refractivity contribution is 5.87. The molecule has 10 nitrogen and oxygen atoms in total. The van der Waals surface area contributed by atoms with E-state index in [9.17, 15) is 30.3 Å². The molecule has 1 heterocycles. The number of aliphatic hydroxyl groups is 1. The molecule has 0 aliphatic carbocycles. The van der Waals surface area contributed by atoms with Crippen LogP contribution in [0.1, 0.15) is 48.8 Å². The fourth-order valence-electron chi connectivity index (χ4n) is 6.36. The maximum absolute atomic E-state index is 14.1.